The van der Waals surface area contributed by atoms with E-state index in [0.717, 1.165) is 24.2 Å². The molecule has 0 amide bonds. The van der Waals surface area contributed by atoms with Crippen LogP contribution in [0.15, 0.2) is 0 Å². The molecular weight excluding hydrogens is 196 g/mol. The topological polar surface area (TPSA) is 20.2 Å². The van der Waals surface area contributed by atoms with E-state index in [1.54, 1.807) is 0 Å². The van der Waals surface area contributed by atoms with Crippen molar-refractivity contribution in [3.8, 4) is 0 Å². The van der Waals surface area contributed by atoms with Gasteiger partial charge in [0.1, 0.15) is 0 Å². The lowest BCUT2D eigenvalue weighted by Crippen LogP contribution is -2.42. The highest BCUT2D eigenvalue weighted by molar-refractivity contribution is 5.17. The van der Waals surface area contributed by atoms with E-state index in [-0.39, 0.29) is 5.60 Å². The molecule has 0 spiro atoms. The Balaban J connectivity index is 1.98. The smallest absolute Gasteiger partial charge is 0.0706 e. The number of fused-ring (bicyclic) bond motifs is 3. The Morgan fingerprint density at radius 2 is 1.69 bits per heavy atom. The first kappa shape index (κ1) is 11.1. The van der Waals surface area contributed by atoms with Gasteiger partial charge in [0, 0.05) is 0 Å². The molecule has 0 saturated heterocycles. The van der Waals surface area contributed by atoms with E-state index in [9.17, 15) is 5.11 Å². The maximum absolute atomic E-state index is 11.1. The van der Waals surface area contributed by atoms with Crippen molar-refractivity contribution in [3.05, 3.63) is 0 Å². The monoisotopic (exact) mass is 222 g/mol. The van der Waals surface area contributed by atoms with Gasteiger partial charge in [0.25, 0.3) is 0 Å². The van der Waals surface area contributed by atoms with Crippen molar-refractivity contribution in [1.29, 1.82) is 0 Å². The Hall–Kier alpha value is -0.0400. The van der Waals surface area contributed by atoms with Crippen LogP contribution in [0, 0.1) is 35.0 Å². The second-order valence-electron chi connectivity index (χ2n) is 7.47. The van der Waals surface area contributed by atoms with Crippen molar-refractivity contribution < 1.29 is 5.11 Å². The third-order valence-electron chi connectivity index (χ3n) is 6.48. The van der Waals surface area contributed by atoms with E-state index in [4.69, 9.17) is 0 Å². The summed E-state index contributed by atoms with van der Waals surface area (Å²) in [5.74, 6) is 3.55. The standard InChI is InChI=1S/C15H26O/c1-9-7-8-15(16)10(2)5-6-11-13(12(9)15)14(11,3)4/h9-13,16H,5-8H2,1-4H3/t9-,10-,11-,12+,13-,15-/m1/s1. The van der Waals surface area contributed by atoms with Gasteiger partial charge in [0.15, 0.2) is 0 Å². The highest BCUT2D eigenvalue weighted by Crippen LogP contribution is 2.71. The lowest BCUT2D eigenvalue weighted by molar-refractivity contribution is -0.0624. The zero-order valence-electron chi connectivity index (χ0n) is 11.2. The van der Waals surface area contributed by atoms with Crippen molar-refractivity contribution in [3.63, 3.8) is 0 Å². The molecule has 1 nitrogen and oxygen atoms in total. The quantitative estimate of drug-likeness (QED) is 0.665. The van der Waals surface area contributed by atoms with Crippen LogP contribution in [-0.2, 0) is 0 Å². The SMILES string of the molecule is C[C@@H]1CC[C@]2(O)[C@@H]1[C@H]1[C@@H](CC[C@H]2C)C1(C)C. The van der Waals surface area contributed by atoms with Gasteiger partial charge < -0.3 is 5.11 Å². The van der Waals surface area contributed by atoms with Crippen molar-refractivity contribution >= 4 is 0 Å². The molecule has 0 aromatic heterocycles. The van der Waals surface area contributed by atoms with Crippen LogP contribution in [0.2, 0.25) is 0 Å². The summed E-state index contributed by atoms with van der Waals surface area (Å²) in [7, 11) is 0. The molecule has 0 radical (unpaired) electrons. The van der Waals surface area contributed by atoms with Gasteiger partial charge in [-0.3, -0.25) is 0 Å². The molecule has 1 N–H and O–H groups in total. The van der Waals surface area contributed by atoms with Crippen LogP contribution in [-0.4, -0.2) is 10.7 Å². The fourth-order valence-electron chi connectivity index (χ4n) is 5.27. The Morgan fingerprint density at radius 3 is 2.38 bits per heavy atom. The van der Waals surface area contributed by atoms with Gasteiger partial charge in [-0.2, -0.15) is 0 Å². The van der Waals surface area contributed by atoms with Gasteiger partial charge in [-0.25, -0.2) is 0 Å². The fraction of sp³-hybridized carbons (Fsp3) is 1.00. The van der Waals surface area contributed by atoms with E-state index >= 15 is 0 Å². The molecule has 3 rings (SSSR count). The van der Waals surface area contributed by atoms with Crippen LogP contribution < -0.4 is 0 Å². The first-order valence-corrected chi connectivity index (χ1v) is 7.11. The number of hydrogen-bond acceptors (Lipinski definition) is 1. The van der Waals surface area contributed by atoms with Crippen LogP contribution in [0.4, 0.5) is 0 Å². The highest BCUT2D eigenvalue weighted by atomic mass is 16.3. The Morgan fingerprint density at radius 1 is 1.00 bits per heavy atom. The predicted octanol–water partition coefficient (Wildman–Crippen LogP) is 3.47. The van der Waals surface area contributed by atoms with Crippen LogP contribution in [0.25, 0.3) is 0 Å². The third kappa shape index (κ3) is 1.16. The molecule has 0 aliphatic heterocycles. The van der Waals surface area contributed by atoms with Crippen LogP contribution >= 0.6 is 0 Å². The Labute approximate surface area is 99.6 Å². The van der Waals surface area contributed by atoms with Gasteiger partial charge in [-0.15, -0.1) is 0 Å². The molecule has 0 aromatic rings. The summed E-state index contributed by atoms with van der Waals surface area (Å²) in [5.41, 5.74) is 0.185. The summed E-state index contributed by atoms with van der Waals surface area (Å²) in [6, 6.07) is 0. The molecule has 3 fully saturated rings. The van der Waals surface area contributed by atoms with Crippen molar-refractivity contribution in [2.75, 3.05) is 0 Å². The van der Waals surface area contributed by atoms with Crippen molar-refractivity contribution in [1.82, 2.24) is 0 Å². The largest absolute Gasteiger partial charge is 0.389 e. The van der Waals surface area contributed by atoms with E-state index in [0.29, 0.717) is 17.3 Å². The van der Waals surface area contributed by atoms with Gasteiger partial charge >= 0.3 is 0 Å². The van der Waals surface area contributed by atoms with Crippen molar-refractivity contribution in [2.24, 2.45) is 35.0 Å². The highest BCUT2D eigenvalue weighted by Gasteiger charge is 2.68. The summed E-state index contributed by atoms with van der Waals surface area (Å²) in [6.45, 7) is 9.49. The summed E-state index contributed by atoms with van der Waals surface area (Å²) in [5, 5.41) is 11.1. The molecule has 16 heavy (non-hydrogen) atoms. The minimum absolute atomic E-state index is 0.327. The predicted molar refractivity (Wildman–Crippen MR) is 66.0 cm³/mol. The fourth-order valence-corrected chi connectivity index (χ4v) is 5.27. The minimum Gasteiger partial charge on any atom is -0.389 e. The third-order valence-corrected chi connectivity index (χ3v) is 6.48. The van der Waals surface area contributed by atoms with Crippen LogP contribution in [0.5, 0.6) is 0 Å². The number of hydrogen-bond donors (Lipinski definition) is 1. The molecular formula is C15H26O. The van der Waals surface area contributed by atoms with E-state index in [2.05, 4.69) is 27.7 Å². The minimum atomic E-state index is -0.327. The van der Waals surface area contributed by atoms with E-state index < -0.39 is 0 Å². The van der Waals surface area contributed by atoms with Gasteiger partial charge in [-0.1, -0.05) is 27.7 Å². The van der Waals surface area contributed by atoms with Gasteiger partial charge in [0.05, 0.1) is 5.60 Å². The zero-order chi connectivity index (χ0) is 11.7. The normalized spacial score (nSPS) is 58.7. The summed E-state index contributed by atoms with van der Waals surface area (Å²) < 4.78 is 0. The Bertz CT molecular complexity index is 309. The molecule has 1 heteroatoms. The second-order valence-corrected chi connectivity index (χ2v) is 7.47. The molecule has 92 valence electrons. The lowest BCUT2D eigenvalue weighted by Gasteiger charge is -2.37. The maximum atomic E-state index is 11.1. The molecule has 0 unspecified atom stereocenters. The molecule has 0 aromatic carbocycles. The first-order chi connectivity index (χ1) is 7.39. The Kier molecular flexibility index (Phi) is 2.11. The molecule has 0 heterocycles. The molecule has 3 aliphatic rings. The van der Waals surface area contributed by atoms with E-state index in [1.807, 2.05) is 0 Å². The van der Waals surface area contributed by atoms with E-state index in [1.165, 1.54) is 19.3 Å². The first-order valence-electron chi connectivity index (χ1n) is 7.11. The second kappa shape index (κ2) is 3.04. The molecule has 6 atom stereocenters. The van der Waals surface area contributed by atoms with Crippen LogP contribution in [0.1, 0.15) is 53.4 Å². The number of rotatable bonds is 0. The summed E-state index contributed by atoms with van der Waals surface area (Å²) in [4.78, 5) is 0. The van der Waals surface area contributed by atoms with Crippen molar-refractivity contribution in [2.45, 2.75) is 59.0 Å². The zero-order valence-corrected chi connectivity index (χ0v) is 11.2. The molecule has 0 bridgehead atoms. The molecule has 3 saturated carbocycles. The summed E-state index contributed by atoms with van der Waals surface area (Å²) in [6.07, 6.45) is 4.89. The average molecular weight is 222 g/mol. The number of aliphatic hydroxyl groups is 1. The lowest BCUT2D eigenvalue weighted by atomic mass is 9.73. The van der Waals surface area contributed by atoms with Gasteiger partial charge in [0.2, 0.25) is 0 Å². The average Bonchev–Trinajstić information content (AvgIpc) is 2.64. The van der Waals surface area contributed by atoms with Crippen LogP contribution in [0.3, 0.4) is 0 Å². The summed E-state index contributed by atoms with van der Waals surface area (Å²) >= 11 is 0. The van der Waals surface area contributed by atoms with Gasteiger partial charge in [-0.05, 0) is 60.7 Å². The maximum Gasteiger partial charge on any atom is 0.0706 e. The molecule has 3 aliphatic carbocycles.